The van der Waals surface area contributed by atoms with Crippen molar-refractivity contribution in [1.82, 2.24) is 4.98 Å². The van der Waals surface area contributed by atoms with Crippen molar-refractivity contribution >= 4 is 5.91 Å². The van der Waals surface area contributed by atoms with E-state index >= 15 is 0 Å². The molecule has 138 valence electrons. The minimum atomic E-state index is -0.517. The molecule has 0 aliphatic heterocycles. The van der Waals surface area contributed by atoms with Crippen LogP contribution >= 0.6 is 0 Å². The predicted molar refractivity (Wildman–Crippen MR) is 106 cm³/mol. The number of carbonyl (C=O) groups excluding carboxylic acids is 1. The van der Waals surface area contributed by atoms with Gasteiger partial charge in [0.15, 0.2) is 0 Å². The normalized spacial score (nSPS) is 13.0. The highest BCUT2D eigenvalue weighted by molar-refractivity contribution is 5.92. The number of aromatic nitrogens is 1. The van der Waals surface area contributed by atoms with Gasteiger partial charge in [0, 0.05) is 17.8 Å². The molecule has 0 radical (unpaired) electrons. The third kappa shape index (κ3) is 4.92. The molecule has 1 heterocycles. The van der Waals surface area contributed by atoms with Crippen molar-refractivity contribution in [3.8, 4) is 11.6 Å². The zero-order chi connectivity index (χ0) is 19.3. The summed E-state index contributed by atoms with van der Waals surface area (Å²) < 4.78 is 5.71. The summed E-state index contributed by atoms with van der Waals surface area (Å²) in [6, 6.07) is 21.2. The number of pyridine rings is 1. The number of nitrogens with zero attached hydrogens (tertiary/aromatic N) is 1. The number of benzene rings is 2. The van der Waals surface area contributed by atoms with Crippen LogP contribution < -0.4 is 16.2 Å². The first-order chi connectivity index (χ1) is 12.9. The molecule has 0 spiro atoms. The zero-order valence-electron chi connectivity index (χ0n) is 15.3. The molecule has 3 rings (SSSR count). The van der Waals surface area contributed by atoms with Crippen LogP contribution in [0.2, 0.25) is 0 Å². The summed E-state index contributed by atoms with van der Waals surface area (Å²) in [4.78, 5) is 15.2. The van der Waals surface area contributed by atoms with Gasteiger partial charge in [0.2, 0.25) is 11.8 Å². The van der Waals surface area contributed by atoms with E-state index in [9.17, 15) is 4.79 Å². The van der Waals surface area contributed by atoms with Gasteiger partial charge < -0.3 is 16.2 Å². The highest BCUT2D eigenvalue weighted by Crippen LogP contribution is 2.27. The summed E-state index contributed by atoms with van der Waals surface area (Å²) in [7, 11) is 0. The lowest BCUT2D eigenvalue weighted by molar-refractivity contribution is 0.1000. The molecule has 2 aromatic carbocycles. The molecule has 0 aliphatic rings. The number of primary amides is 1. The molecule has 1 atom stereocenters. The lowest BCUT2D eigenvalue weighted by Gasteiger charge is -2.25. The van der Waals surface area contributed by atoms with Crippen LogP contribution in [0.3, 0.4) is 0 Å². The Bertz CT molecular complexity index is 889. The molecule has 0 fully saturated rings. The van der Waals surface area contributed by atoms with E-state index in [-0.39, 0.29) is 0 Å². The zero-order valence-corrected chi connectivity index (χ0v) is 15.3. The number of aryl methyl sites for hydroxylation is 1. The van der Waals surface area contributed by atoms with Gasteiger partial charge in [0.1, 0.15) is 5.75 Å². The molecule has 1 unspecified atom stereocenters. The third-order valence-electron chi connectivity index (χ3n) is 4.53. The fraction of sp³-hybridized carbons (Fsp3) is 0.182. The molecule has 5 nitrogen and oxygen atoms in total. The van der Waals surface area contributed by atoms with E-state index in [0.717, 1.165) is 18.4 Å². The second-order valence-corrected chi connectivity index (χ2v) is 6.78. The average Bonchev–Trinajstić information content (AvgIpc) is 2.68. The van der Waals surface area contributed by atoms with E-state index in [1.165, 1.54) is 11.8 Å². The molecule has 0 bridgehead atoms. The van der Waals surface area contributed by atoms with Crippen LogP contribution in [0.25, 0.3) is 0 Å². The SMILES string of the molecule is CC(N)(CCc1ccccc1)c1ccc(Oc2ccc(C(N)=O)cn2)cc1. The van der Waals surface area contributed by atoms with Crippen molar-refractivity contribution in [3.05, 3.63) is 89.6 Å². The number of nitrogens with two attached hydrogens (primary N) is 2. The Kier molecular flexibility index (Phi) is 5.52. The van der Waals surface area contributed by atoms with Crippen molar-refractivity contribution in [2.45, 2.75) is 25.3 Å². The fourth-order valence-electron chi connectivity index (χ4n) is 2.80. The van der Waals surface area contributed by atoms with Gasteiger partial charge in [0.05, 0.1) is 5.56 Å². The lowest BCUT2D eigenvalue weighted by Crippen LogP contribution is -2.33. The van der Waals surface area contributed by atoms with Crippen LogP contribution in [0.15, 0.2) is 72.9 Å². The van der Waals surface area contributed by atoms with Gasteiger partial charge in [-0.25, -0.2) is 4.98 Å². The van der Waals surface area contributed by atoms with Gasteiger partial charge in [0.25, 0.3) is 0 Å². The summed E-state index contributed by atoms with van der Waals surface area (Å²) in [5, 5.41) is 0. The second kappa shape index (κ2) is 8.01. The summed E-state index contributed by atoms with van der Waals surface area (Å²) in [5.41, 5.74) is 14.0. The summed E-state index contributed by atoms with van der Waals surface area (Å²) in [6.07, 6.45) is 3.15. The topological polar surface area (TPSA) is 91.2 Å². The monoisotopic (exact) mass is 361 g/mol. The molecular formula is C22H23N3O2. The maximum Gasteiger partial charge on any atom is 0.250 e. The van der Waals surface area contributed by atoms with Crippen LogP contribution in [0, 0.1) is 0 Å². The van der Waals surface area contributed by atoms with Crippen LogP contribution in [-0.4, -0.2) is 10.9 Å². The first-order valence-electron chi connectivity index (χ1n) is 8.81. The number of carbonyl (C=O) groups is 1. The molecule has 5 heteroatoms. The minimum Gasteiger partial charge on any atom is -0.439 e. The molecule has 1 aromatic heterocycles. The van der Waals surface area contributed by atoms with Gasteiger partial charge in [-0.2, -0.15) is 0 Å². The average molecular weight is 361 g/mol. The number of rotatable bonds is 7. The first kappa shape index (κ1) is 18.6. The standard InChI is InChI=1S/C22H23N3O2/c1-22(24,14-13-16-5-3-2-4-6-16)18-8-10-19(11-9-18)27-20-12-7-17(15-25-20)21(23)26/h2-12,15H,13-14,24H2,1H3,(H2,23,26). The second-order valence-electron chi connectivity index (χ2n) is 6.78. The molecule has 3 aromatic rings. The number of hydrogen-bond donors (Lipinski definition) is 2. The largest absolute Gasteiger partial charge is 0.439 e. The summed E-state index contributed by atoms with van der Waals surface area (Å²) >= 11 is 0. The predicted octanol–water partition coefficient (Wildman–Crippen LogP) is 3.78. The van der Waals surface area contributed by atoms with E-state index in [1.807, 2.05) is 49.4 Å². The smallest absolute Gasteiger partial charge is 0.250 e. The Hall–Kier alpha value is -3.18. The molecule has 0 saturated carbocycles. The lowest BCUT2D eigenvalue weighted by atomic mass is 9.87. The first-order valence-corrected chi connectivity index (χ1v) is 8.81. The Morgan fingerprint density at radius 1 is 1.04 bits per heavy atom. The van der Waals surface area contributed by atoms with E-state index in [0.29, 0.717) is 17.2 Å². The molecule has 1 amide bonds. The Morgan fingerprint density at radius 3 is 2.33 bits per heavy atom. The van der Waals surface area contributed by atoms with E-state index in [4.69, 9.17) is 16.2 Å². The molecule has 0 aliphatic carbocycles. The van der Waals surface area contributed by atoms with Crippen LogP contribution in [-0.2, 0) is 12.0 Å². The quantitative estimate of drug-likeness (QED) is 0.670. The molecule has 4 N–H and O–H groups in total. The molecular weight excluding hydrogens is 338 g/mol. The Balaban J connectivity index is 1.64. The highest BCUT2D eigenvalue weighted by atomic mass is 16.5. The fourth-order valence-corrected chi connectivity index (χ4v) is 2.80. The Labute approximate surface area is 159 Å². The number of hydrogen-bond acceptors (Lipinski definition) is 4. The van der Waals surface area contributed by atoms with E-state index in [2.05, 4.69) is 17.1 Å². The van der Waals surface area contributed by atoms with Gasteiger partial charge in [-0.3, -0.25) is 4.79 Å². The van der Waals surface area contributed by atoms with Gasteiger partial charge >= 0.3 is 0 Å². The van der Waals surface area contributed by atoms with Gasteiger partial charge in [-0.1, -0.05) is 42.5 Å². The maximum atomic E-state index is 11.1. The van der Waals surface area contributed by atoms with Crippen molar-refractivity contribution in [2.75, 3.05) is 0 Å². The van der Waals surface area contributed by atoms with Gasteiger partial charge in [-0.15, -0.1) is 0 Å². The maximum absolute atomic E-state index is 11.1. The summed E-state index contributed by atoms with van der Waals surface area (Å²) in [6.45, 7) is 2.04. The highest BCUT2D eigenvalue weighted by Gasteiger charge is 2.21. The van der Waals surface area contributed by atoms with E-state index < -0.39 is 11.4 Å². The van der Waals surface area contributed by atoms with Crippen molar-refractivity contribution in [3.63, 3.8) is 0 Å². The summed E-state index contributed by atoms with van der Waals surface area (Å²) in [5.74, 6) is 0.528. The van der Waals surface area contributed by atoms with Crippen LogP contribution in [0.4, 0.5) is 0 Å². The van der Waals surface area contributed by atoms with Crippen molar-refractivity contribution in [2.24, 2.45) is 11.5 Å². The van der Waals surface area contributed by atoms with E-state index in [1.54, 1.807) is 12.1 Å². The van der Waals surface area contributed by atoms with Gasteiger partial charge in [-0.05, 0) is 49.1 Å². The van der Waals surface area contributed by atoms with Crippen LogP contribution in [0.5, 0.6) is 11.6 Å². The van der Waals surface area contributed by atoms with Crippen LogP contribution in [0.1, 0.15) is 34.8 Å². The molecule has 0 saturated heterocycles. The third-order valence-corrected chi connectivity index (χ3v) is 4.53. The number of amides is 1. The van der Waals surface area contributed by atoms with Crippen molar-refractivity contribution in [1.29, 1.82) is 0 Å². The molecule has 27 heavy (non-hydrogen) atoms. The Morgan fingerprint density at radius 2 is 1.74 bits per heavy atom. The van der Waals surface area contributed by atoms with Crippen molar-refractivity contribution < 1.29 is 9.53 Å². The minimum absolute atomic E-state index is 0.343. The number of ether oxygens (including phenoxy) is 1.